The third kappa shape index (κ3) is 2.73. The van der Waals surface area contributed by atoms with Gasteiger partial charge in [0.25, 0.3) is 0 Å². The van der Waals surface area contributed by atoms with Crippen molar-refractivity contribution in [2.45, 2.75) is 11.3 Å². The minimum Gasteiger partial charge on any atom is -0.399 e. The number of benzene rings is 1. The standard InChI is InChI=1S/C12H16N2O2S/c1-16-6-2-5-14-10-7-9(13)3-4-11(10)17-8-12(14)15/h3-4,7H,2,5-6,8,13H2,1H3. The van der Waals surface area contributed by atoms with Crippen molar-refractivity contribution in [3.63, 3.8) is 0 Å². The summed E-state index contributed by atoms with van der Waals surface area (Å²) in [7, 11) is 1.67. The normalized spacial score (nSPS) is 14.9. The molecule has 0 fully saturated rings. The Morgan fingerprint density at radius 3 is 3.12 bits per heavy atom. The van der Waals surface area contributed by atoms with Crippen molar-refractivity contribution < 1.29 is 9.53 Å². The van der Waals surface area contributed by atoms with E-state index in [1.165, 1.54) is 0 Å². The summed E-state index contributed by atoms with van der Waals surface area (Å²) in [5.41, 5.74) is 7.40. The summed E-state index contributed by atoms with van der Waals surface area (Å²) in [4.78, 5) is 14.8. The predicted octanol–water partition coefficient (Wildman–Crippen LogP) is 1.74. The van der Waals surface area contributed by atoms with E-state index in [1.807, 2.05) is 18.2 Å². The van der Waals surface area contributed by atoms with E-state index in [4.69, 9.17) is 10.5 Å². The van der Waals surface area contributed by atoms with E-state index in [9.17, 15) is 4.79 Å². The van der Waals surface area contributed by atoms with E-state index in [2.05, 4.69) is 0 Å². The Hall–Kier alpha value is -1.20. The molecule has 1 aliphatic rings. The first-order chi connectivity index (χ1) is 8.22. The molecule has 1 amide bonds. The van der Waals surface area contributed by atoms with Gasteiger partial charge >= 0.3 is 0 Å². The maximum Gasteiger partial charge on any atom is 0.237 e. The second-order valence-electron chi connectivity index (χ2n) is 3.91. The van der Waals surface area contributed by atoms with Gasteiger partial charge in [0.15, 0.2) is 0 Å². The van der Waals surface area contributed by atoms with Crippen LogP contribution in [0.4, 0.5) is 11.4 Å². The number of fused-ring (bicyclic) bond motifs is 1. The molecule has 0 spiro atoms. The first-order valence-electron chi connectivity index (χ1n) is 5.54. The van der Waals surface area contributed by atoms with Gasteiger partial charge in [0.2, 0.25) is 5.91 Å². The zero-order valence-corrected chi connectivity index (χ0v) is 10.6. The van der Waals surface area contributed by atoms with Gasteiger partial charge in [-0.25, -0.2) is 0 Å². The molecule has 2 N–H and O–H groups in total. The number of ether oxygens (including phenoxy) is 1. The van der Waals surface area contributed by atoms with Crippen LogP contribution >= 0.6 is 11.8 Å². The molecule has 0 radical (unpaired) electrons. The summed E-state index contributed by atoms with van der Waals surface area (Å²) < 4.78 is 5.01. The van der Waals surface area contributed by atoms with Crippen LogP contribution in [-0.4, -0.2) is 31.9 Å². The highest BCUT2D eigenvalue weighted by atomic mass is 32.2. The molecule has 17 heavy (non-hydrogen) atoms. The maximum absolute atomic E-state index is 11.9. The summed E-state index contributed by atoms with van der Waals surface area (Å²) in [5, 5.41) is 0. The molecule has 5 heteroatoms. The molecule has 0 saturated heterocycles. The number of carbonyl (C=O) groups is 1. The fraction of sp³-hybridized carbons (Fsp3) is 0.417. The number of amides is 1. The second kappa shape index (κ2) is 5.42. The van der Waals surface area contributed by atoms with E-state index in [-0.39, 0.29) is 5.91 Å². The number of carbonyl (C=O) groups excluding carboxylic acids is 1. The number of hydrogen-bond acceptors (Lipinski definition) is 4. The number of thioether (sulfide) groups is 1. The zero-order chi connectivity index (χ0) is 12.3. The Morgan fingerprint density at radius 1 is 1.53 bits per heavy atom. The third-order valence-corrected chi connectivity index (χ3v) is 3.70. The van der Waals surface area contributed by atoms with Gasteiger partial charge < -0.3 is 15.4 Å². The number of methoxy groups -OCH3 is 1. The van der Waals surface area contributed by atoms with Crippen molar-refractivity contribution in [3.8, 4) is 0 Å². The van der Waals surface area contributed by atoms with Crippen LogP contribution in [0.5, 0.6) is 0 Å². The molecular weight excluding hydrogens is 236 g/mol. The number of nitrogens with zero attached hydrogens (tertiary/aromatic N) is 1. The van der Waals surface area contributed by atoms with Crippen LogP contribution in [0.25, 0.3) is 0 Å². The summed E-state index contributed by atoms with van der Waals surface area (Å²) in [6.45, 7) is 1.35. The molecule has 2 rings (SSSR count). The Kier molecular flexibility index (Phi) is 3.91. The molecule has 0 aromatic heterocycles. The number of nitrogens with two attached hydrogens (primary N) is 1. The van der Waals surface area contributed by atoms with Gasteiger partial charge in [0.1, 0.15) is 0 Å². The van der Waals surface area contributed by atoms with Crippen LogP contribution in [-0.2, 0) is 9.53 Å². The Balaban J connectivity index is 2.20. The van der Waals surface area contributed by atoms with Crippen LogP contribution in [0.1, 0.15) is 6.42 Å². The molecule has 0 aliphatic carbocycles. The highest BCUT2D eigenvalue weighted by Crippen LogP contribution is 2.36. The third-order valence-electron chi connectivity index (χ3n) is 2.66. The second-order valence-corrected chi connectivity index (χ2v) is 4.92. The topological polar surface area (TPSA) is 55.6 Å². The summed E-state index contributed by atoms with van der Waals surface area (Å²) >= 11 is 1.57. The average Bonchev–Trinajstić information content (AvgIpc) is 2.32. The smallest absolute Gasteiger partial charge is 0.237 e. The molecule has 92 valence electrons. The number of nitrogen functional groups attached to an aromatic ring is 1. The lowest BCUT2D eigenvalue weighted by molar-refractivity contribution is -0.116. The van der Waals surface area contributed by atoms with Gasteiger partial charge in [-0.05, 0) is 24.6 Å². The van der Waals surface area contributed by atoms with Gasteiger partial charge in [-0.3, -0.25) is 4.79 Å². The molecule has 1 heterocycles. The highest BCUT2D eigenvalue weighted by molar-refractivity contribution is 8.00. The first-order valence-corrected chi connectivity index (χ1v) is 6.52. The SMILES string of the molecule is COCCCN1C(=O)CSc2ccc(N)cc21. The lowest BCUT2D eigenvalue weighted by atomic mass is 10.2. The maximum atomic E-state index is 11.9. The van der Waals surface area contributed by atoms with E-state index in [0.29, 0.717) is 24.6 Å². The molecule has 4 nitrogen and oxygen atoms in total. The minimum atomic E-state index is 0.143. The molecule has 1 aromatic rings. The fourth-order valence-corrected chi connectivity index (χ4v) is 2.75. The Morgan fingerprint density at radius 2 is 2.35 bits per heavy atom. The van der Waals surface area contributed by atoms with Gasteiger partial charge in [-0.1, -0.05) is 0 Å². The predicted molar refractivity (Wildman–Crippen MR) is 70.4 cm³/mol. The monoisotopic (exact) mass is 252 g/mol. The molecular formula is C12H16N2O2S. The first kappa shape index (κ1) is 12.3. The van der Waals surface area contributed by atoms with Crippen molar-refractivity contribution in [3.05, 3.63) is 18.2 Å². The molecule has 0 unspecified atom stereocenters. The van der Waals surface area contributed by atoms with Gasteiger partial charge in [-0.15, -0.1) is 11.8 Å². The van der Waals surface area contributed by atoms with Gasteiger partial charge in [0.05, 0.1) is 11.4 Å². The van der Waals surface area contributed by atoms with Gasteiger partial charge in [0, 0.05) is 30.8 Å². The summed E-state index contributed by atoms with van der Waals surface area (Å²) in [6.07, 6.45) is 0.834. The van der Waals surface area contributed by atoms with Crippen LogP contribution in [0.3, 0.4) is 0 Å². The van der Waals surface area contributed by atoms with Crippen LogP contribution < -0.4 is 10.6 Å². The van der Waals surface area contributed by atoms with Crippen LogP contribution in [0.2, 0.25) is 0 Å². The van der Waals surface area contributed by atoms with E-state index in [0.717, 1.165) is 17.0 Å². The van der Waals surface area contributed by atoms with Crippen molar-refractivity contribution >= 4 is 29.0 Å². The Labute approximate surface area is 105 Å². The number of rotatable bonds is 4. The van der Waals surface area contributed by atoms with Crippen molar-refractivity contribution in [1.82, 2.24) is 0 Å². The quantitative estimate of drug-likeness (QED) is 0.655. The molecule has 0 bridgehead atoms. The Bertz CT molecular complexity index is 423. The lowest BCUT2D eigenvalue weighted by Crippen LogP contribution is -2.36. The van der Waals surface area contributed by atoms with Crippen LogP contribution in [0.15, 0.2) is 23.1 Å². The zero-order valence-electron chi connectivity index (χ0n) is 9.81. The average molecular weight is 252 g/mol. The van der Waals surface area contributed by atoms with Crippen molar-refractivity contribution in [1.29, 1.82) is 0 Å². The lowest BCUT2D eigenvalue weighted by Gasteiger charge is -2.29. The molecule has 0 saturated carbocycles. The highest BCUT2D eigenvalue weighted by Gasteiger charge is 2.24. The van der Waals surface area contributed by atoms with Crippen molar-refractivity contribution in [2.75, 3.05) is 36.6 Å². The largest absolute Gasteiger partial charge is 0.399 e. The molecule has 1 aliphatic heterocycles. The van der Waals surface area contributed by atoms with Crippen molar-refractivity contribution in [2.24, 2.45) is 0 Å². The minimum absolute atomic E-state index is 0.143. The van der Waals surface area contributed by atoms with E-state index < -0.39 is 0 Å². The van der Waals surface area contributed by atoms with E-state index >= 15 is 0 Å². The molecule has 0 atom stereocenters. The van der Waals surface area contributed by atoms with Crippen LogP contribution in [0, 0.1) is 0 Å². The molecule has 1 aromatic carbocycles. The summed E-state index contributed by atoms with van der Waals surface area (Å²) in [6, 6.07) is 5.71. The number of anilines is 2. The fourth-order valence-electron chi connectivity index (χ4n) is 1.83. The summed E-state index contributed by atoms with van der Waals surface area (Å²) in [5.74, 6) is 0.647. The number of hydrogen-bond donors (Lipinski definition) is 1. The van der Waals surface area contributed by atoms with E-state index in [1.54, 1.807) is 23.8 Å². The van der Waals surface area contributed by atoms with Gasteiger partial charge in [-0.2, -0.15) is 0 Å².